The van der Waals surface area contributed by atoms with Gasteiger partial charge in [-0.15, -0.1) is 0 Å². The summed E-state index contributed by atoms with van der Waals surface area (Å²) in [6, 6.07) is -1.67. The Labute approximate surface area is 290 Å². The quantitative estimate of drug-likeness (QED) is 0.160. The van der Waals surface area contributed by atoms with E-state index in [1.54, 1.807) is 27.7 Å². The van der Waals surface area contributed by atoms with Gasteiger partial charge in [0.25, 0.3) is 11.8 Å². The summed E-state index contributed by atoms with van der Waals surface area (Å²) in [6.07, 6.45) is -2.15. The van der Waals surface area contributed by atoms with Crippen LogP contribution < -0.4 is 21.1 Å². The largest absolute Gasteiger partial charge is 0.395 e. The number of aliphatic hydroxyl groups is 3. The van der Waals surface area contributed by atoms with Crippen LogP contribution in [0.3, 0.4) is 0 Å². The Hall–Kier alpha value is -0.500. The van der Waals surface area contributed by atoms with Gasteiger partial charge in [-0.05, 0) is 95.5 Å². The highest BCUT2D eigenvalue weighted by atomic mass is 127. The summed E-state index contributed by atoms with van der Waals surface area (Å²) < 4.78 is 23.5. The van der Waals surface area contributed by atoms with Crippen molar-refractivity contribution < 1.29 is 48.7 Å². The highest BCUT2D eigenvalue weighted by Gasteiger charge is 2.37. The fourth-order valence-corrected chi connectivity index (χ4v) is 8.83. The van der Waals surface area contributed by atoms with Crippen molar-refractivity contribution in [3.8, 4) is 0 Å². The number of aliphatic hydroxyl groups excluding tert-OH is 3. The van der Waals surface area contributed by atoms with Crippen LogP contribution in [0.5, 0.6) is 0 Å². The molecule has 0 aromatic heterocycles. The smallest absolute Gasteiger partial charge is 0.253 e. The number of benzene rings is 1. The number of anilines is 1. The molecule has 0 aliphatic carbocycles. The van der Waals surface area contributed by atoms with Crippen molar-refractivity contribution in [3.05, 3.63) is 21.8 Å². The standard InChI is InChI=1S/C26H37I3N4O10/c1-12(35)33(30-6-7-34)22-20(28)17(23(38)31-13-8-40-25(2,3)42-10-15(13)36)19(27)18(21(22)29)24(39)32-14-9-41-26(4,5)43-11-16(14)37/h13-16,30,34,36-37H,6-11H2,1-5H3,(H,31,38)(H,32,39). The first-order valence-electron chi connectivity index (χ1n) is 13.4. The lowest BCUT2D eigenvalue weighted by Crippen LogP contribution is -2.49. The minimum Gasteiger partial charge on any atom is -0.395 e. The zero-order valence-corrected chi connectivity index (χ0v) is 30.8. The third-order valence-corrected chi connectivity index (χ3v) is 9.83. The summed E-state index contributed by atoms with van der Waals surface area (Å²) in [7, 11) is 0. The van der Waals surface area contributed by atoms with E-state index in [1.165, 1.54) is 11.9 Å². The van der Waals surface area contributed by atoms with Crippen LogP contribution in [0.2, 0.25) is 0 Å². The molecule has 4 unspecified atom stereocenters. The van der Waals surface area contributed by atoms with Crippen molar-refractivity contribution in [2.24, 2.45) is 0 Å². The summed E-state index contributed by atoms with van der Waals surface area (Å²) in [5, 5.41) is 37.5. The monoisotopic (exact) mass is 946 g/mol. The maximum atomic E-state index is 13.9. The SMILES string of the molecule is CC(=O)N(NCCO)c1c(I)c(C(=O)NC2COC(C)(C)OCC2O)c(I)c(C(=O)NC2COC(C)(C)OCC2O)c1I. The lowest BCUT2D eigenvalue weighted by molar-refractivity contribution is -0.204. The van der Waals surface area contributed by atoms with E-state index in [-0.39, 0.29) is 60.0 Å². The van der Waals surface area contributed by atoms with E-state index in [0.29, 0.717) is 7.14 Å². The molecule has 43 heavy (non-hydrogen) atoms. The molecule has 242 valence electrons. The van der Waals surface area contributed by atoms with Gasteiger partial charge in [-0.25, -0.2) is 10.4 Å². The summed E-state index contributed by atoms with van der Waals surface area (Å²) in [5.41, 5.74) is 3.22. The molecule has 2 fully saturated rings. The van der Waals surface area contributed by atoms with Gasteiger partial charge in [0.1, 0.15) is 0 Å². The van der Waals surface area contributed by atoms with Crippen LogP contribution in [-0.4, -0.2) is 108 Å². The predicted molar refractivity (Wildman–Crippen MR) is 179 cm³/mol. The van der Waals surface area contributed by atoms with Gasteiger partial charge in [-0.2, -0.15) is 0 Å². The van der Waals surface area contributed by atoms with Crippen molar-refractivity contribution in [1.29, 1.82) is 0 Å². The Bertz CT molecular complexity index is 1140. The molecular formula is C26H37I3N4O10. The van der Waals surface area contributed by atoms with Crippen molar-refractivity contribution in [2.75, 3.05) is 44.6 Å². The van der Waals surface area contributed by atoms with Crippen LogP contribution in [-0.2, 0) is 23.7 Å². The van der Waals surface area contributed by atoms with Crippen molar-refractivity contribution in [3.63, 3.8) is 0 Å². The average molecular weight is 946 g/mol. The van der Waals surface area contributed by atoms with E-state index in [2.05, 4.69) is 16.1 Å². The first-order valence-corrected chi connectivity index (χ1v) is 16.6. The maximum absolute atomic E-state index is 13.9. The first kappa shape index (κ1) is 37.0. The molecule has 0 bridgehead atoms. The second-order valence-electron chi connectivity index (χ2n) is 10.9. The second kappa shape index (κ2) is 15.4. The number of hydrazine groups is 1. The molecular weight excluding hydrogens is 909 g/mol. The highest BCUT2D eigenvalue weighted by molar-refractivity contribution is 14.1. The van der Waals surface area contributed by atoms with E-state index in [0.717, 1.165) is 0 Å². The zero-order chi connectivity index (χ0) is 32.3. The Kier molecular flexibility index (Phi) is 13.2. The van der Waals surface area contributed by atoms with E-state index in [4.69, 9.17) is 18.9 Å². The lowest BCUT2D eigenvalue weighted by atomic mass is 10.0. The summed E-state index contributed by atoms with van der Waals surface area (Å²) in [5.74, 6) is -3.62. The number of rotatable bonds is 8. The molecule has 2 heterocycles. The number of halogens is 3. The third kappa shape index (κ3) is 9.29. The van der Waals surface area contributed by atoms with Gasteiger partial charge in [0.2, 0.25) is 5.91 Å². The van der Waals surface area contributed by atoms with E-state index >= 15 is 0 Å². The van der Waals surface area contributed by atoms with E-state index in [9.17, 15) is 29.7 Å². The topological polar surface area (TPSA) is 188 Å². The first-order chi connectivity index (χ1) is 20.0. The Morgan fingerprint density at radius 3 is 1.56 bits per heavy atom. The van der Waals surface area contributed by atoms with Gasteiger partial charge in [0.15, 0.2) is 11.6 Å². The Balaban J connectivity index is 2.09. The molecule has 17 heteroatoms. The van der Waals surface area contributed by atoms with Crippen molar-refractivity contribution in [1.82, 2.24) is 16.1 Å². The van der Waals surface area contributed by atoms with Gasteiger partial charge >= 0.3 is 0 Å². The fourth-order valence-electron chi connectivity index (χ4n) is 4.20. The van der Waals surface area contributed by atoms with Gasteiger partial charge < -0.3 is 44.9 Å². The molecule has 2 aliphatic heterocycles. The molecule has 6 N–H and O–H groups in total. The molecule has 2 aliphatic rings. The number of carbonyl (C=O) groups excluding carboxylic acids is 3. The average Bonchev–Trinajstić information content (AvgIpc) is 3.12. The van der Waals surface area contributed by atoms with Crippen LogP contribution >= 0.6 is 67.8 Å². The minimum absolute atomic E-state index is 0.0174. The summed E-state index contributed by atoms with van der Waals surface area (Å²) >= 11 is 5.77. The molecule has 0 radical (unpaired) electrons. The molecule has 3 amide bonds. The van der Waals surface area contributed by atoms with Crippen LogP contribution in [0, 0.1) is 10.7 Å². The van der Waals surface area contributed by atoms with E-state index in [1.807, 2.05) is 67.8 Å². The second-order valence-corrected chi connectivity index (χ2v) is 14.1. The normalized spacial score (nSPS) is 25.3. The van der Waals surface area contributed by atoms with Crippen LogP contribution in [0.4, 0.5) is 5.69 Å². The molecule has 0 saturated carbocycles. The number of amides is 3. The number of nitrogens with one attached hydrogen (secondary N) is 3. The Morgan fingerprint density at radius 1 is 0.791 bits per heavy atom. The number of hydrogen-bond acceptors (Lipinski definition) is 11. The van der Waals surface area contributed by atoms with Gasteiger partial charge in [-0.1, -0.05) is 0 Å². The van der Waals surface area contributed by atoms with Gasteiger partial charge in [0.05, 0.1) is 81.3 Å². The Morgan fingerprint density at radius 2 is 1.19 bits per heavy atom. The molecule has 14 nitrogen and oxygen atoms in total. The molecule has 0 spiro atoms. The maximum Gasteiger partial charge on any atom is 0.253 e. The molecule has 1 aromatic rings. The molecule has 2 saturated heterocycles. The predicted octanol–water partition coefficient (Wildman–Crippen LogP) is 0.835. The lowest BCUT2D eigenvalue weighted by Gasteiger charge is -2.29. The van der Waals surface area contributed by atoms with Crippen molar-refractivity contribution >= 4 is 91.2 Å². The minimum atomic E-state index is -1.07. The molecule has 3 rings (SSSR count). The number of hydrogen-bond donors (Lipinski definition) is 6. The van der Waals surface area contributed by atoms with Gasteiger partial charge in [-0.3, -0.25) is 14.4 Å². The van der Waals surface area contributed by atoms with Crippen LogP contribution in [0.15, 0.2) is 0 Å². The number of carbonyl (C=O) groups is 3. The fraction of sp³-hybridized carbons (Fsp3) is 0.654. The van der Waals surface area contributed by atoms with Crippen LogP contribution in [0.1, 0.15) is 55.3 Å². The summed E-state index contributed by atoms with van der Waals surface area (Å²) in [4.78, 5) is 40.5. The molecule has 4 atom stereocenters. The van der Waals surface area contributed by atoms with Crippen molar-refractivity contribution in [2.45, 2.75) is 70.5 Å². The van der Waals surface area contributed by atoms with Gasteiger partial charge in [0, 0.05) is 17.0 Å². The highest BCUT2D eigenvalue weighted by Crippen LogP contribution is 2.38. The number of nitrogens with zero attached hydrogens (tertiary/aromatic N) is 1. The summed E-state index contributed by atoms with van der Waals surface area (Å²) in [6.45, 7) is 7.62. The zero-order valence-electron chi connectivity index (χ0n) is 24.3. The van der Waals surface area contributed by atoms with E-state index < -0.39 is 53.6 Å². The number of ether oxygens (including phenoxy) is 4. The molecule has 1 aromatic carbocycles. The third-order valence-electron chi connectivity index (χ3n) is 6.65. The van der Waals surface area contributed by atoms with Crippen LogP contribution in [0.25, 0.3) is 0 Å².